The van der Waals surface area contributed by atoms with Crippen molar-refractivity contribution in [3.8, 4) is 11.4 Å². The number of aryl methyl sites for hydroxylation is 1. The monoisotopic (exact) mass is 653 g/mol. The van der Waals surface area contributed by atoms with Crippen LogP contribution in [0.25, 0.3) is 99.5 Å². The number of benzene rings is 7. The van der Waals surface area contributed by atoms with Gasteiger partial charge in [-0.2, -0.15) is 0 Å². The van der Waals surface area contributed by atoms with Gasteiger partial charge in [0.25, 0.3) is 0 Å². The van der Waals surface area contributed by atoms with Crippen LogP contribution in [0.15, 0.2) is 162 Å². The van der Waals surface area contributed by atoms with Gasteiger partial charge in [0.1, 0.15) is 11.2 Å². The summed E-state index contributed by atoms with van der Waals surface area (Å²) in [5, 5.41) is 11.7. The lowest BCUT2D eigenvalue weighted by Gasteiger charge is -2.04. The second-order valence-corrected chi connectivity index (χ2v) is 13.2. The molecule has 0 aliphatic carbocycles. The fraction of sp³-hybridized carbons (Fsp3) is 0.0213. The van der Waals surface area contributed by atoms with Gasteiger partial charge in [-0.15, -0.1) is 0 Å². The van der Waals surface area contributed by atoms with Crippen molar-refractivity contribution in [2.75, 3.05) is 0 Å². The predicted molar refractivity (Wildman–Crippen MR) is 214 cm³/mol. The van der Waals surface area contributed by atoms with Crippen LogP contribution in [0, 0.1) is 6.92 Å². The maximum atomic E-state index is 6.28. The Morgan fingerprint density at radius 3 is 1.96 bits per heavy atom. The fourth-order valence-electron chi connectivity index (χ4n) is 7.49. The topological polar surface area (TPSA) is 43.3 Å². The quantitative estimate of drug-likeness (QED) is 0.177. The summed E-state index contributed by atoms with van der Waals surface area (Å²) in [5.41, 5.74) is 6.82. The molecule has 0 unspecified atom stereocenters. The van der Waals surface area contributed by atoms with Crippen LogP contribution in [0.2, 0.25) is 0 Å². The molecule has 0 atom stereocenters. The lowest BCUT2D eigenvalue weighted by atomic mass is 10.1. The third-order valence-electron chi connectivity index (χ3n) is 10.1. The zero-order valence-corrected chi connectivity index (χ0v) is 28.0. The zero-order chi connectivity index (χ0) is 34.1. The van der Waals surface area contributed by atoms with Crippen LogP contribution in [0.4, 0.5) is 0 Å². The Morgan fingerprint density at radius 2 is 1.10 bits per heavy atom. The number of aromatic nitrogens is 3. The Labute approximate surface area is 293 Å². The van der Waals surface area contributed by atoms with Gasteiger partial charge in [0.2, 0.25) is 0 Å². The van der Waals surface area contributed by atoms with Crippen LogP contribution in [-0.2, 0) is 0 Å². The Kier molecular flexibility index (Phi) is 6.52. The summed E-state index contributed by atoms with van der Waals surface area (Å²) in [7, 11) is 0. The van der Waals surface area contributed by atoms with Crippen molar-refractivity contribution in [2.24, 2.45) is 0 Å². The van der Waals surface area contributed by atoms with Crippen LogP contribution in [-0.4, -0.2) is 14.4 Å². The second-order valence-electron chi connectivity index (χ2n) is 13.2. The molecule has 4 heteroatoms. The molecule has 0 saturated heterocycles. The summed E-state index contributed by atoms with van der Waals surface area (Å²) >= 11 is 0. The van der Waals surface area contributed by atoms with Crippen LogP contribution in [0.5, 0.6) is 0 Å². The molecule has 0 spiro atoms. The van der Waals surface area contributed by atoms with Crippen LogP contribution in [0.3, 0.4) is 0 Å². The van der Waals surface area contributed by atoms with E-state index < -0.39 is 0 Å². The number of nitrogens with zero attached hydrogens (tertiary/aromatic N) is 3. The van der Waals surface area contributed by atoms with Crippen LogP contribution < -0.4 is 5.35 Å². The van der Waals surface area contributed by atoms with E-state index in [2.05, 4.69) is 144 Å². The highest BCUT2D eigenvalue weighted by atomic mass is 16.3. The van der Waals surface area contributed by atoms with E-state index in [1.54, 1.807) is 0 Å². The van der Waals surface area contributed by atoms with Crippen molar-refractivity contribution in [3.63, 3.8) is 0 Å². The van der Waals surface area contributed by atoms with Gasteiger partial charge in [0.15, 0.2) is 5.82 Å². The molecule has 10 rings (SSSR count). The Balaban J connectivity index is 1.35. The van der Waals surface area contributed by atoms with Gasteiger partial charge in [0, 0.05) is 43.7 Å². The average molecular weight is 654 g/mol. The molecule has 0 aliphatic heterocycles. The third-order valence-corrected chi connectivity index (χ3v) is 10.1. The van der Waals surface area contributed by atoms with Crippen molar-refractivity contribution in [2.45, 2.75) is 6.92 Å². The summed E-state index contributed by atoms with van der Waals surface area (Å²) in [6.45, 7) is 6.51. The summed E-state index contributed by atoms with van der Waals surface area (Å²) in [6.07, 6.45) is 0. The van der Waals surface area contributed by atoms with E-state index in [-0.39, 0.29) is 0 Å². The smallest absolute Gasteiger partial charge is 0.160 e. The standard InChI is InChI=1S/C47H31N3O/c1-29-31-10-7-12-33(24-31)35-14-9-15-38(26-35)50-43-18-5-3-16-39(43)40-22-20-36(27-44(40)50)34-13-8-11-32(25-34)30(2)49-47(48-29)37-21-23-42-41-17-4-6-19-45(41)51-46(42)28-37/h3-28H,2H2,1H3. The summed E-state index contributed by atoms with van der Waals surface area (Å²) in [6, 6.07) is 55.6. The van der Waals surface area contributed by atoms with E-state index in [0.29, 0.717) is 11.2 Å². The van der Waals surface area contributed by atoms with E-state index in [0.717, 1.165) is 76.5 Å². The Bertz CT molecular complexity index is 3240. The molecule has 7 aromatic carbocycles. The average Bonchev–Trinajstić information content (AvgIpc) is 3.72. The minimum atomic E-state index is 0.574. The van der Waals surface area contributed by atoms with Gasteiger partial charge in [0.05, 0.1) is 16.4 Å². The molecular weight excluding hydrogens is 623 g/mol. The van der Waals surface area contributed by atoms with Gasteiger partial charge < -0.3 is 8.82 Å². The van der Waals surface area contributed by atoms with Gasteiger partial charge in [-0.05, 0) is 88.5 Å². The summed E-state index contributed by atoms with van der Waals surface area (Å²) < 4.78 is 8.66. The highest BCUT2D eigenvalue weighted by molar-refractivity contribution is 6.11. The maximum Gasteiger partial charge on any atom is 0.160 e. The lowest BCUT2D eigenvalue weighted by Crippen LogP contribution is -2.05. The molecule has 0 saturated carbocycles. The van der Waals surface area contributed by atoms with Gasteiger partial charge >= 0.3 is 0 Å². The molecule has 0 aliphatic rings. The molecule has 0 N–H and O–H groups in total. The Morgan fingerprint density at radius 1 is 0.471 bits per heavy atom. The van der Waals surface area contributed by atoms with E-state index in [1.165, 1.54) is 16.3 Å². The van der Waals surface area contributed by atoms with Crippen LogP contribution in [0.1, 0.15) is 5.69 Å². The lowest BCUT2D eigenvalue weighted by molar-refractivity contribution is 0.669. The number of para-hydroxylation sites is 2. The van der Waals surface area contributed by atoms with Crippen molar-refractivity contribution in [1.82, 2.24) is 14.4 Å². The molecule has 4 nitrogen and oxygen atoms in total. The number of rotatable bonds is 1. The molecule has 0 radical (unpaired) electrons. The van der Waals surface area contributed by atoms with Crippen molar-refractivity contribution in [1.29, 1.82) is 0 Å². The molecule has 240 valence electrons. The molecular formula is C47H31N3O. The van der Waals surface area contributed by atoms with Crippen molar-refractivity contribution < 1.29 is 4.42 Å². The van der Waals surface area contributed by atoms with E-state index in [1.807, 2.05) is 31.2 Å². The van der Waals surface area contributed by atoms with Crippen molar-refractivity contribution in [3.05, 3.63) is 169 Å². The first kappa shape index (κ1) is 29.2. The third kappa shape index (κ3) is 4.84. The summed E-state index contributed by atoms with van der Waals surface area (Å²) in [5.74, 6) is 0.574. The van der Waals surface area contributed by atoms with Crippen molar-refractivity contribution >= 4 is 88.2 Å². The first-order chi connectivity index (χ1) is 25.1. The summed E-state index contributed by atoms with van der Waals surface area (Å²) in [4.78, 5) is 10.3. The minimum Gasteiger partial charge on any atom is -0.456 e. The number of furan rings is 1. The zero-order valence-electron chi connectivity index (χ0n) is 28.0. The number of fused-ring (bicyclic) bond motifs is 16. The van der Waals surface area contributed by atoms with E-state index in [4.69, 9.17) is 14.4 Å². The Hall–Kier alpha value is -6.78. The number of hydrogen-bond acceptors (Lipinski definition) is 3. The molecule has 3 heterocycles. The molecule has 8 bridgehead atoms. The molecule has 0 fully saturated rings. The van der Waals surface area contributed by atoms with Crippen LogP contribution >= 0.6 is 0 Å². The van der Waals surface area contributed by atoms with E-state index in [9.17, 15) is 0 Å². The highest BCUT2D eigenvalue weighted by Gasteiger charge is 2.11. The largest absolute Gasteiger partial charge is 0.456 e. The molecule has 0 amide bonds. The van der Waals surface area contributed by atoms with Gasteiger partial charge in [-0.3, -0.25) is 0 Å². The van der Waals surface area contributed by atoms with Gasteiger partial charge in [-0.1, -0.05) is 110 Å². The molecule has 3 aromatic heterocycles. The van der Waals surface area contributed by atoms with Gasteiger partial charge in [-0.25, -0.2) is 9.97 Å². The maximum absolute atomic E-state index is 6.28. The normalized spacial score (nSPS) is 11.7. The number of hydrogen-bond donors (Lipinski definition) is 0. The van der Waals surface area contributed by atoms with E-state index >= 15 is 0 Å². The fourth-order valence-corrected chi connectivity index (χ4v) is 7.49. The molecule has 10 aromatic rings. The SMILES string of the molecule is C=c1nc(-c2ccc3c(c2)oc2ccccc23)nc(C)c2cccc(c2)c2cccc(c2)n2c3ccccc3c3ccc(cc32)c2cccc1c2. The highest BCUT2D eigenvalue weighted by Crippen LogP contribution is 2.33. The first-order valence-corrected chi connectivity index (χ1v) is 17.2. The first-order valence-electron chi connectivity index (χ1n) is 17.2. The predicted octanol–water partition coefficient (Wildman–Crippen LogP) is 11.7. The minimum absolute atomic E-state index is 0.574. The second kappa shape index (κ2) is 11.4. The molecule has 51 heavy (non-hydrogen) atoms.